The lowest BCUT2D eigenvalue weighted by molar-refractivity contribution is -0.120. The molecule has 1 saturated heterocycles. The van der Waals surface area contributed by atoms with Crippen LogP contribution >= 0.6 is 11.3 Å². The Hall–Kier alpha value is -3.00. The van der Waals surface area contributed by atoms with E-state index in [1.54, 1.807) is 11.3 Å². The lowest BCUT2D eigenvalue weighted by atomic mass is 10.1. The molecule has 0 spiro atoms. The van der Waals surface area contributed by atoms with E-state index in [9.17, 15) is 4.79 Å². The van der Waals surface area contributed by atoms with Crippen molar-refractivity contribution in [1.82, 2.24) is 19.8 Å². The van der Waals surface area contributed by atoms with Gasteiger partial charge >= 0.3 is 0 Å². The first-order chi connectivity index (χ1) is 16.0. The van der Waals surface area contributed by atoms with Crippen LogP contribution in [0.2, 0.25) is 0 Å². The number of fused-ring (bicyclic) bond motifs is 1. The van der Waals surface area contributed by atoms with Gasteiger partial charge in [0.15, 0.2) is 0 Å². The minimum absolute atomic E-state index is 0.0570. The van der Waals surface area contributed by atoms with Gasteiger partial charge in [0.2, 0.25) is 5.91 Å². The van der Waals surface area contributed by atoms with Gasteiger partial charge in [-0.3, -0.25) is 4.79 Å². The molecule has 1 atom stereocenters. The summed E-state index contributed by atoms with van der Waals surface area (Å²) in [6.07, 6.45) is 0. The SMILES string of the molecule is CC(CN1CCN(C)CC1)C(=O)Nc1cccc(-c2ccc(-c3nc4ccccc4[nH]3)s2)c1. The van der Waals surface area contributed by atoms with Crippen LogP contribution in [0.5, 0.6) is 0 Å². The molecule has 1 unspecified atom stereocenters. The second kappa shape index (κ2) is 9.47. The van der Waals surface area contributed by atoms with E-state index in [4.69, 9.17) is 4.98 Å². The molecular weight excluding hydrogens is 430 g/mol. The van der Waals surface area contributed by atoms with Gasteiger partial charge in [-0.05, 0) is 49.0 Å². The van der Waals surface area contributed by atoms with Crippen LogP contribution < -0.4 is 5.32 Å². The van der Waals surface area contributed by atoms with E-state index in [0.717, 1.165) is 70.6 Å². The molecule has 6 nitrogen and oxygen atoms in total. The zero-order valence-electron chi connectivity index (χ0n) is 19.0. The maximum absolute atomic E-state index is 12.8. The largest absolute Gasteiger partial charge is 0.337 e. The molecule has 0 saturated carbocycles. The number of piperazine rings is 1. The number of nitrogens with zero attached hydrogens (tertiary/aromatic N) is 3. The quantitative estimate of drug-likeness (QED) is 0.436. The number of hydrogen-bond donors (Lipinski definition) is 2. The molecule has 1 amide bonds. The molecule has 4 aromatic rings. The third kappa shape index (κ3) is 5.00. The van der Waals surface area contributed by atoms with Gasteiger partial charge in [0.05, 0.1) is 15.9 Å². The minimum Gasteiger partial charge on any atom is -0.337 e. The van der Waals surface area contributed by atoms with Crippen molar-refractivity contribution < 1.29 is 4.79 Å². The summed E-state index contributed by atoms with van der Waals surface area (Å²) >= 11 is 1.69. The summed E-state index contributed by atoms with van der Waals surface area (Å²) in [7, 11) is 2.15. The van der Waals surface area contributed by atoms with Crippen molar-refractivity contribution in [2.45, 2.75) is 6.92 Å². The van der Waals surface area contributed by atoms with Crippen molar-refractivity contribution in [2.75, 3.05) is 45.1 Å². The smallest absolute Gasteiger partial charge is 0.228 e. The van der Waals surface area contributed by atoms with E-state index >= 15 is 0 Å². The lowest BCUT2D eigenvalue weighted by Gasteiger charge is -2.33. The summed E-state index contributed by atoms with van der Waals surface area (Å²) < 4.78 is 0. The van der Waals surface area contributed by atoms with E-state index in [2.05, 4.69) is 51.4 Å². The first-order valence-corrected chi connectivity index (χ1v) is 12.2. The zero-order chi connectivity index (χ0) is 22.8. The fraction of sp³-hybridized carbons (Fsp3) is 0.308. The van der Waals surface area contributed by atoms with Crippen molar-refractivity contribution >= 4 is 34.0 Å². The fourth-order valence-corrected chi connectivity index (χ4v) is 5.15. The molecule has 2 aromatic heterocycles. The third-order valence-corrected chi connectivity index (χ3v) is 7.36. The van der Waals surface area contributed by atoms with E-state index in [1.165, 1.54) is 0 Å². The average molecular weight is 460 g/mol. The molecule has 0 bridgehead atoms. The highest BCUT2D eigenvalue weighted by Gasteiger charge is 2.20. The molecular formula is C26H29N5OS. The summed E-state index contributed by atoms with van der Waals surface area (Å²) in [6, 6.07) is 20.4. The van der Waals surface area contributed by atoms with Crippen LogP contribution in [0.3, 0.4) is 0 Å². The van der Waals surface area contributed by atoms with Crippen molar-refractivity contribution in [3.8, 4) is 21.1 Å². The van der Waals surface area contributed by atoms with Crippen LogP contribution in [-0.4, -0.2) is 65.4 Å². The summed E-state index contributed by atoms with van der Waals surface area (Å²) in [6.45, 7) is 6.98. The molecule has 7 heteroatoms. The Morgan fingerprint density at radius 1 is 1.06 bits per heavy atom. The molecule has 2 aromatic carbocycles. The number of thiophene rings is 1. The van der Waals surface area contributed by atoms with Crippen molar-refractivity contribution in [3.63, 3.8) is 0 Å². The molecule has 0 aliphatic carbocycles. The number of rotatable bonds is 6. The maximum atomic E-state index is 12.8. The average Bonchev–Trinajstić information content (AvgIpc) is 3.48. The molecule has 33 heavy (non-hydrogen) atoms. The number of aromatic amines is 1. The summed E-state index contributed by atoms with van der Waals surface area (Å²) in [5.74, 6) is 0.897. The molecule has 1 aliphatic rings. The molecule has 2 N–H and O–H groups in total. The Labute approximate surface area is 198 Å². The number of anilines is 1. The number of carbonyl (C=O) groups excluding carboxylic acids is 1. The third-order valence-electron chi connectivity index (χ3n) is 6.22. The first kappa shape index (κ1) is 21.8. The van der Waals surface area contributed by atoms with Gasteiger partial charge in [0.1, 0.15) is 5.82 Å². The Kier molecular flexibility index (Phi) is 6.26. The standard InChI is InChI=1S/C26H29N5OS/c1-18(17-31-14-12-30(2)13-15-31)26(32)27-20-7-5-6-19(16-20)23-10-11-24(33-23)25-28-21-8-3-4-9-22(21)29-25/h3-11,16,18H,12-15,17H2,1-2H3,(H,27,32)(H,28,29). The number of imidazole rings is 1. The van der Waals surface area contributed by atoms with Crippen molar-refractivity contribution in [1.29, 1.82) is 0 Å². The van der Waals surface area contributed by atoms with Gasteiger partial charge in [0, 0.05) is 49.2 Å². The summed E-state index contributed by atoms with van der Waals surface area (Å²) in [5.41, 5.74) is 3.93. The van der Waals surface area contributed by atoms with Crippen LogP contribution in [0.1, 0.15) is 6.92 Å². The Bertz CT molecular complexity index is 1220. The van der Waals surface area contributed by atoms with Gasteiger partial charge in [-0.15, -0.1) is 11.3 Å². The number of para-hydroxylation sites is 2. The minimum atomic E-state index is -0.0570. The molecule has 170 valence electrons. The van der Waals surface area contributed by atoms with E-state index in [-0.39, 0.29) is 11.8 Å². The summed E-state index contributed by atoms with van der Waals surface area (Å²) in [5, 5.41) is 3.12. The van der Waals surface area contributed by atoms with Gasteiger partial charge in [-0.25, -0.2) is 4.98 Å². The lowest BCUT2D eigenvalue weighted by Crippen LogP contribution is -2.47. The number of H-pyrrole nitrogens is 1. The van der Waals surface area contributed by atoms with Gasteiger partial charge in [-0.1, -0.05) is 31.2 Å². The Balaban J connectivity index is 1.26. The van der Waals surface area contributed by atoms with Crippen molar-refractivity contribution in [2.24, 2.45) is 5.92 Å². The van der Waals surface area contributed by atoms with E-state index < -0.39 is 0 Å². The fourth-order valence-electron chi connectivity index (χ4n) is 4.21. The maximum Gasteiger partial charge on any atom is 0.228 e. The van der Waals surface area contributed by atoms with Crippen LogP contribution in [0.25, 0.3) is 32.2 Å². The predicted molar refractivity (Wildman–Crippen MR) is 137 cm³/mol. The molecule has 3 heterocycles. The van der Waals surface area contributed by atoms with E-state index in [1.807, 2.05) is 43.3 Å². The van der Waals surface area contributed by atoms with Gasteiger partial charge in [-0.2, -0.15) is 0 Å². The number of hydrogen-bond acceptors (Lipinski definition) is 5. The molecule has 5 rings (SSSR count). The highest BCUT2D eigenvalue weighted by atomic mass is 32.1. The highest BCUT2D eigenvalue weighted by Crippen LogP contribution is 2.35. The van der Waals surface area contributed by atoms with Crippen molar-refractivity contribution in [3.05, 3.63) is 60.7 Å². The van der Waals surface area contributed by atoms with Crippen LogP contribution in [0.15, 0.2) is 60.7 Å². The topological polar surface area (TPSA) is 64.3 Å². The number of benzene rings is 2. The van der Waals surface area contributed by atoms with Gasteiger partial charge < -0.3 is 20.1 Å². The second-order valence-electron chi connectivity index (χ2n) is 8.84. The van der Waals surface area contributed by atoms with E-state index in [0.29, 0.717) is 0 Å². The highest BCUT2D eigenvalue weighted by molar-refractivity contribution is 7.18. The number of carbonyl (C=O) groups is 1. The first-order valence-electron chi connectivity index (χ1n) is 11.4. The Morgan fingerprint density at radius 2 is 1.85 bits per heavy atom. The second-order valence-corrected chi connectivity index (χ2v) is 9.93. The number of likely N-dealkylation sites (N-methyl/N-ethyl adjacent to an activating group) is 1. The monoisotopic (exact) mass is 459 g/mol. The van der Waals surface area contributed by atoms with Crippen LogP contribution in [0.4, 0.5) is 5.69 Å². The molecule has 1 fully saturated rings. The number of nitrogens with one attached hydrogen (secondary N) is 2. The van der Waals surface area contributed by atoms with Crippen LogP contribution in [-0.2, 0) is 4.79 Å². The normalized spacial score (nSPS) is 16.2. The molecule has 1 aliphatic heterocycles. The molecule has 0 radical (unpaired) electrons. The number of aromatic nitrogens is 2. The predicted octanol–water partition coefficient (Wildman–Crippen LogP) is 4.78. The number of amides is 1. The van der Waals surface area contributed by atoms with Crippen LogP contribution in [0, 0.1) is 5.92 Å². The Morgan fingerprint density at radius 3 is 2.67 bits per heavy atom. The summed E-state index contributed by atoms with van der Waals surface area (Å²) in [4.78, 5) is 27.9. The zero-order valence-corrected chi connectivity index (χ0v) is 19.9. The van der Waals surface area contributed by atoms with Gasteiger partial charge in [0.25, 0.3) is 0 Å².